The maximum absolute atomic E-state index is 11.6. The Labute approximate surface area is 141 Å². The fourth-order valence-corrected chi connectivity index (χ4v) is 2.33. The van der Waals surface area contributed by atoms with Crippen molar-refractivity contribution < 1.29 is 19.7 Å². The molecule has 6 heteroatoms. The number of unbranched alkanes of at least 4 members (excludes halogenated alkanes) is 5. The molecule has 0 atom stereocenters. The number of aliphatic hydroxyl groups excluding tert-OH is 2. The van der Waals surface area contributed by atoms with Crippen molar-refractivity contribution in [2.24, 2.45) is 0 Å². The summed E-state index contributed by atoms with van der Waals surface area (Å²) < 4.78 is 5.46. The molecule has 0 heterocycles. The Balaban J connectivity index is 3.37. The number of carbonyl (C=O) groups excluding carboxylic acids is 1. The van der Waals surface area contributed by atoms with Crippen LogP contribution in [0.25, 0.3) is 0 Å². The number of amides is 1. The minimum Gasteiger partial charge on any atom is -0.395 e. The standard InChI is InChI=1S/C17H36N2O4/c1-2-3-4-5-6-7-8-17(22)18-9-15-23-16-12-19(10-13-20)11-14-21/h20-21H,2-16H2,1H3,(H,18,22). The quantitative estimate of drug-likeness (QED) is 0.348. The molecule has 0 radical (unpaired) electrons. The average Bonchev–Trinajstić information content (AvgIpc) is 2.54. The summed E-state index contributed by atoms with van der Waals surface area (Å²) in [6.07, 6.45) is 7.74. The first-order chi connectivity index (χ1) is 11.2. The van der Waals surface area contributed by atoms with Gasteiger partial charge in [0.1, 0.15) is 0 Å². The summed E-state index contributed by atoms with van der Waals surface area (Å²) in [5.74, 6) is 0.103. The van der Waals surface area contributed by atoms with Gasteiger partial charge < -0.3 is 20.3 Å². The molecule has 0 saturated heterocycles. The van der Waals surface area contributed by atoms with Crippen molar-refractivity contribution in [3.63, 3.8) is 0 Å². The van der Waals surface area contributed by atoms with Gasteiger partial charge in [-0.3, -0.25) is 9.69 Å². The maximum atomic E-state index is 11.6. The topological polar surface area (TPSA) is 82.0 Å². The Morgan fingerprint density at radius 2 is 1.61 bits per heavy atom. The number of hydrogen-bond acceptors (Lipinski definition) is 5. The van der Waals surface area contributed by atoms with Gasteiger partial charge in [-0.15, -0.1) is 0 Å². The van der Waals surface area contributed by atoms with E-state index in [1.54, 1.807) is 0 Å². The molecule has 0 fully saturated rings. The van der Waals surface area contributed by atoms with Gasteiger partial charge in [0, 0.05) is 32.6 Å². The number of hydrogen-bond donors (Lipinski definition) is 3. The molecule has 0 unspecified atom stereocenters. The summed E-state index contributed by atoms with van der Waals surface area (Å²) in [5.41, 5.74) is 0. The third-order valence-electron chi connectivity index (χ3n) is 3.71. The van der Waals surface area contributed by atoms with Crippen molar-refractivity contribution in [2.45, 2.75) is 51.9 Å². The Bertz CT molecular complexity index is 259. The Kier molecular flexibility index (Phi) is 17.1. The van der Waals surface area contributed by atoms with E-state index in [1.165, 1.54) is 25.7 Å². The first-order valence-corrected chi connectivity index (χ1v) is 9.03. The summed E-state index contributed by atoms with van der Waals surface area (Å²) in [5, 5.41) is 20.6. The van der Waals surface area contributed by atoms with Gasteiger partial charge in [0.05, 0.1) is 26.4 Å². The van der Waals surface area contributed by atoms with Crippen molar-refractivity contribution >= 4 is 5.91 Å². The van der Waals surface area contributed by atoms with E-state index in [4.69, 9.17) is 14.9 Å². The molecule has 0 aromatic heterocycles. The molecule has 1 amide bonds. The fourth-order valence-electron chi connectivity index (χ4n) is 2.33. The number of carbonyl (C=O) groups is 1. The molecule has 23 heavy (non-hydrogen) atoms. The molecule has 0 bridgehead atoms. The van der Waals surface area contributed by atoms with Gasteiger partial charge in [0.2, 0.25) is 5.91 Å². The molecule has 0 aliphatic heterocycles. The van der Waals surface area contributed by atoms with Crippen LogP contribution < -0.4 is 5.32 Å². The zero-order chi connectivity index (χ0) is 17.2. The lowest BCUT2D eigenvalue weighted by Crippen LogP contribution is -2.33. The summed E-state index contributed by atoms with van der Waals surface area (Å²) in [6.45, 7) is 5.68. The predicted octanol–water partition coefficient (Wildman–Crippen LogP) is 1.16. The van der Waals surface area contributed by atoms with Crippen molar-refractivity contribution in [3.05, 3.63) is 0 Å². The lowest BCUT2D eigenvalue weighted by Gasteiger charge is -2.19. The highest BCUT2D eigenvalue weighted by atomic mass is 16.5. The van der Waals surface area contributed by atoms with Crippen molar-refractivity contribution in [1.29, 1.82) is 0 Å². The number of nitrogens with zero attached hydrogens (tertiary/aromatic N) is 1. The normalized spacial score (nSPS) is 11.1. The van der Waals surface area contributed by atoms with E-state index in [2.05, 4.69) is 12.2 Å². The second-order valence-electron chi connectivity index (χ2n) is 5.77. The van der Waals surface area contributed by atoms with Crippen LogP contribution in [0.5, 0.6) is 0 Å². The molecule has 138 valence electrons. The SMILES string of the molecule is CCCCCCCCC(=O)NCCOCCN(CCO)CCO. The van der Waals surface area contributed by atoms with Crippen LogP contribution in [-0.4, -0.2) is 73.6 Å². The zero-order valence-electron chi connectivity index (χ0n) is 14.8. The summed E-state index contributed by atoms with van der Waals surface area (Å²) >= 11 is 0. The van der Waals surface area contributed by atoms with E-state index < -0.39 is 0 Å². The minimum atomic E-state index is 0.0779. The van der Waals surface area contributed by atoms with Gasteiger partial charge in [-0.05, 0) is 6.42 Å². The molecule has 0 rings (SSSR count). The van der Waals surface area contributed by atoms with Crippen molar-refractivity contribution in [3.8, 4) is 0 Å². The highest BCUT2D eigenvalue weighted by molar-refractivity contribution is 5.75. The molecule has 0 aliphatic rings. The Hall–Kier alpha value is -0.690. The smallest absolute Gasteiger partial charge is 0.220 e. The van der Waals surface area contributed by atoms with Crippen molar-refractivity contribution in [2.75, 3.05) is 52.6 Å². The van der Waals surface area contributed by atoms with Gasteiger partial charge in [0.15, 0.2) is 0 Å². The van der Waals surface area contributed by atoms with Gasteiger partial charge in [-0.1, -0.05) is 39.0 Å². The van der Waals surface area contributed by atoms with E-state index in [1.807, 2.05) is 4.90 Å². The van der Waals surface area contributed by atoms with E-state index in [9.17, 15) is 4.79 Å². The second-order valence-corrected chi connectivity index (χ2v) is 5.77. The predicted molar refractivity (Wildman–Crippen MR) is 92.4 cm³/mol. The van der Waals surface area contributed by atoms with Crippen LogP contribution in [0.1, 0.15) is 51.9 Å². The molecule has 0 saturated carbocycles. The van der Waals surface area contributed by atoms with Gasteiger partial charge in [-0.2, -0.15) is 0 Å². The molecule has 0 aliphatic carbocycles. The maximum Gasteiger partial charge on any atom is 0.220 e. The zero-order valence-corrected chi connectivity index (χ0v) is 14.8. The number of ether oxygens (including phenoxy) is 1. The van der Waals surface area contributed by atoms with E-state index in [0.29, 0.717) is 45.8 Å². The monoisotopic (exact) mass is 332 g/mol. The Morgan fingerprint density at radius 3 is 2.26 bits per heavy atom. The van der Waals surface area contributed by atoms with Crippen LogP contribution in [0, 0.1) is 0 Å². The molecular weight excluding hydrogens is 296 g/mol. The third-order valence-corrected chi connectivity index (χ3v) is 3.71. The molecule has 6 nitrogen and oxygen atoms in total. The largest absolute Gasteiger partial charge is 0.395 e. The van der Waals surface area contributed by atoms with Gasteiger partial charge in [-0.25, -0.2) is 0 Å². The average molecular weight is 332 g/mol. The first kappa shape index (κ1) is 22.3. The lowest BCUT2D eigenvalue weighted by molar-refractivity contribution is -0.121. The van der Waals surface area contributed by atoms with Crippen LogP contribution in [0.2, 0.25) is 0 Å². The number of nitrogens with one attached hydrogen (secondary N) is 1. The highest BCUT2D eigenvalue weighted by Gasteiger charge is 2.03. The number of rotatable bonds is 17. The lowest BCUT2D eigenvalue weighted by atomic mass is 10.1. The van der Waals surface area contributed by atoms with E-state index >= 15 is 0 Å². The third kappa shape index (κ3) is 16.0. The molecule has 0 spiro atoms. The fraction of sp³-hybridized carbons (Fsp3) is 0.941. The summed E-state index contributed by atoms with van der Waals surface area (Å²) in [4.78, 5) is 13.6. The van der Waals surface area contributed by atoms with E-state index in [0.717, 1.165) is 12.8 Å². The van der Waals surface area contributed by atoms with Gasteiger partial charge >= 0.3 is 0 Å². The molecule has 0 aromatic rings. The summed E-state index contributed by atoms with van der Waals surface area (Å²) in [6, 6.07) is 0. The molecule has 3 N–H and O–H groups in total. The molecule has 0 aromatic carbocycles. The Morgan fingerprint density at radius 1 is 0.957 bits per heavy atom. The van der Waals surface area contributed by atoms with Crippen molar-refractivity contribution in [1.82, 2.24) is 10.2 Å². The highest BCUT2D eigenvalue weighted by Crippen LogP contribution is 2.06. The van der Waals surface area contributed by atoms with Gasteiger partial charge in [0.25, 0.3) is 0 Å². The molecular formula is C17H36N2O4. The van der Waals surface area contributed by atoms with Crippen LogP contribution in [0.4, 0.5) is 0 Å². The summed E-state index contributed by atoms with van der Waals surface area (Å²) in [7, 11) is 0. The van der Waals surface area contributed by atoms with E-state index in [-0.39, 0.29) is 19.1 Å². The minimum absolute atomic E-state index is 0.0779. The van der Waals surface area contributed by atoms with Crippen LogP contribution in [0.3, 0.4) is 0 Å². The van der Waals surface area contributed by atoms with Crippen LogP contribution in [-0.2, 0) is 9.53 Å². The second kappa shape index (κ2) is 17.7. The van der Waals surface area contributed by atoms with Crippen LogP contribution >= 0.6 is 0 Å². The number of aliphatic hydroxyl groups is 2. The first-order valence-electron chi connectivity index (χ1n) is 9.03. The van der Waals surface area contributed by atoms with Crippen LogP contribution in [0.15, 0.2) is 0 Å².